The number of nitrogens with zero attached hydrogens (tertiary/aromatic N) is 5. The molecule has 2 saturated heterocycles. The molecule has 8 heteroatoms. The summed E-state index contributed by atoms with van der Waals surface area (Å²) in [6.45, 7) is 4.44. The van der Waals surface area contributed by atoms with Crippen LogP contribution in [0.5, 0.6) is 0 Å². The highest BCUT2D eigenvalue weighted by Crippen LogP contribution is 2.22. The maximum Gasteiger partial charge on any atom is 0.246 e. The number of hydrogen-bond acceptors (Lipinski definition) is 5. The predicted octanol–water partition coefficient (Wildman–Crippen LogP) is 3.11. The molecule has 1 aromatic heterocycles. The van der Waals surface area contributed by atoms with Crippen LogP contribution in [0.4, 0.5) is 20.4 Å². The number of piperidine rings is 1. The fourth-order valence-corrected chi connectivity index (χ4v) is 3.87. The maximum absolute atomic E-state index is 13.7. The molecular weight excluding hydrogens is 388 g/mol. The van der Waals surface area contributed by atoms with Crippen LogP contribution in [0.3, 0.4) is 0 Å². The maximum atomic E-state index is 13.7. The Kier molecular flexibility index (Phi) is 6.21. The van der Waals surface area contributed by atoms with Gasteiger partial charge in [0.05, 0.1) is 0 Å². The lowest BCUT2D eigenvalue weighted by molar-refractivity contribution is -0.126. The topological polar surface area (TPSA) is 52.6 Å². The van der Waals surface area contributed by atoms with Gasteiger partial charge in [0.25, 0.3) is 0 Å². The number of carbonyl (C=O) groups is 1. The van der Waals surface area contributed by atoms with Gasteiger partial charge in [-0.1, -0.05) is 0 Å². The first-order chi connectivity index (χ1) is 14.6. The molecule has 158 valence electrons. The Bertz CT molecular complexity index is 921. The number of halogens is 2. The molecule has 0 N–H and O–H groups in total. The highest BCUT2D eigenvalue weighted by Gasteiger charge is 2.22. The van der Waals surface area contributed by atoms with E-state index in [0.717, 1.165) is 42.9 Å². The number of rotatable bonds is 4. The van der Waals surface area contributed by atoms with Crippen molar-refractivity contribution in [3.05, 3.63) is 53.9 Å². The van der Waals surface area contributed by atoms with Crippen LogP contribution >= 0.6 is 0 Å². The van der Waals surface area contributed by atoms with Crippen molar-refractivity contribution < 1.29 is 13.6 Å². The largest absolute Gasteiger partial charge is 0.356 e. The van der Waals surface area contributed by atoms with Crippen molar-refractivity contribution in [1.82, 2.24) is 14.9 Å². The molecule has 30 heavy (non-hydrogen) atoms. The van der Waals surface area contributed by atoms with Crippen LogP contribution in [0.1, 0.15) is 24.8 Å². The molecular formula is C22H25F2N5O. The Morgan fingerprint density at radius 1 is 0.867 bits per heavy atom. The second kappa shape index (κ2) is 9.19. The SMILES string of the molecule is O=C(/C=C/c1cc(F)ccc1F)N1CCN(c2cc(N3CCCCC3)ncn2)CC1. The van der Waals surface area contributed by atoms with Crippen LogP contribution in [0.15, 0.2) is 36.7 Å². The van der Waals surface area contributed by atoms with Gasteiger partial charge in [-0.2, -0.15) is 0 Å². The molecule has 6 nitrogen and oxygen atoms in total. The number of carbonyl (C=O) groups excluding carboxylic acids is 1. The first-order valence-electron chi connectivity index (χ1n) is 10.3. The number of aromatic nitrogens is 2. The molecule has 0 atom stereocenters. The fourth-order valence-electron chi connectivity index (χ4n) is 3.87. The van der Waals surface area contributed by atoms with E-state index in [1.165, 1.54) is 31.4 Å². The van der Waals surface area contributed by atoms with E-state index in [1.807, 2.05) is 6.07 Å². The molecule has 0 spiro atoms. The minimum atomic E-state index is -0.557. The number of anilines is 2. The number of amides is 1. The van der Waals surface area contributed by atoms with Crippen molar-refractivity contribution >= 4 is 23.6 Å². The molecule has 2 fully saturated rings. The third kappa shape index (κ3) is 4.75. The van der Waals surface area contributed by atoms with Crippen molar-refractivity contribution in [3.63, 3.8) is 0 Å². The zero-order chi connectivity index (χ0) is 20.9. The first-order valence-corrected chi connectivity index (χ1v) is 10.3. The second-order valence-electron chi connectivity index (χ2n) is 7.59. The Morgan fingerprint density at radius 3 is 2.23 bits per heavy atom. The van der Waals surface area contributed by atoms with E-state index >= 15 is 0 Å². The third-order valence-corrected chi connectivity index (χ3v) is 5.60. The van der Waals surface area contributed by atoms with Gasteiger partial charge in [0.1, 0.15) is 29.6 Å². The Morgan fingerprint density at radius 2 is 1.53 bits per heavy atom. The molecule has 0 saturated carbocycles. The van der Waals surface area contributed by atoms with E-state index in [-0.39, 0.29) is 11.5 Å². The lowest BCUT2D eigenvalue weighted by Gasteiger charge is -2.35. The van der Waals surface area contributed by atoms with Crippen molar-refractivity contribution in [3.8, 4) is 0 Å². The normalized spacial score (nSPS) is 17.6. The number of hydrogen-bond donors (Lipinski definition) is 0. The zero-order valence-electron chi connectivity index (χ0n) is 16.8. The van der Waals surface area contributed by atoms with Gasteiger partial charge >= 0.3 is 0 Å². The van der Waals surface area contributed by atoms with E-state index in [2.05, 4.69) is 19.8 Å². The van der Waals surface area contributed by atoms with Gasteiger partial charge in [0.15, 0.2) is 0 Å². The summed E-state index contributed by atoms with van der Waals surface area (Å²) in [7, 11) is 0. The summed E-state index contributed by atoms with van der Waals surface area (Å²) in [6, 6.07) is 5.21. The van der Waals surface area contributed by atoms with E-state index in [9.17, 15) is 13.6 Å². The van der Waals surface area contributed by atoms with Gasteiger partial charge in [-0.25, -0.2) is 18.7 Å². The molecule has 2 aromatic rings. The summed E-state index contributed by atoms with van der Waals surface area (Å²) in [4.78, 5) is 27.4. The summed E-state index contributed by atoms with van der Waals surface area (Å²) >= 11 is 0. The average molecular weight is 413 g/mol. The standard InChI is InChI=1S/C22H25F2N5O/c23-18-5-6-19(24)17(14-18)4-7-22(30)29-12-10-28(11-13-29)21-15-20(25-16-26-21)27-8-2-1-3-9-27/h4-7,14-16H,1-3,8-13H2/b7-4+. The van der Waals surface area contributed by atoms with E-state index in [1.54, 1.807) is 11.2 Å². The molecule has 4 rings (SSSR count). The lowest BCUT2D eigenvalue weighted by Crippen LogP contribution is -2.48. The van der Waals surface area contributed by atoms with Crippen molar-refractivity contribution in [2.75, 3.05) is 49.1 Å². The third-order valence-electron chi connectivity index (χ3n) is 5.60. The Hall–Kier alpha value is -3.03. The van der Waals surface area contributed by atoms with Crippen LogP contribution in [0.25, 0.3) is 6.08 Å². The second-order valence-corrected chi connectivity index (χ2v) is 7.59. The average Bonchev–Trinajstić information content (AvgIpc) is 2.80. The first kappa shape index (κ1) is 20.3. The molecule has 3 heterocycles. The highest BCUT2D eigenvalue weighted by atomic mass is 19.1. The van der Waals surface area contributed by atoms with Gasteiger partial charge in [-0.15, -0.1) is 0 Å². The van der Waals surface area contributed by atoms with Gasteiger partial charge in [0.2, 0.25) is 5.91 Å². The quantitative estimate of drug-likeness (QED) is 0.721. The molecule has 0 radical (unpaired) electrons. The predicted molar refractivity (Wildman–Crippen MR) is 112 cm³/mol. The highest BCUT2D eigenvalue weighted by molar-refractivity contribution is 5.92. The summed E-state index contributed by atoms with van der Waals surface area (Å²) in [5.74, 6) is 0.521. The van der Waals surface area contributed by atoms with Crippen molar-refractivity contribution in [1.29, 1.82) is 0 Å². The molecule has 1 amide bonds. The van der Waals surface area contributed by atoms with E-state index in [4.69, 9.17) is 0 Å². The molecule has 0 bridgehead atoms. The van der Waals surface area contributed by atoms with E-state index < -0.39 is 11.6 Å². The molecule has 2 aliphatic heterocycles. The zero-order valence-corrected chi connectivity index (χ0v) is 16.8. The number of benzene rings is 1. The van der Waals surface area contributed by atoms with Crippen molar-refractivity contribution in [2.24, 2.45) is 0 Å². The van der Waals surface area contributed by atoms with Gasteiger partial charge < -0.3 is 14.7 Å². The summed E-state index contributed by atoms with van der Waals surface area (Å²) in [6.07, 6.45) is 7.87. The monoisotopic (exact) mass is 413 g/mol. The molecule has 2 aliphatic rings. The molecule has 1 aromatic carbocycles. The Labute approximate surface area is 174 Å². The lowest BCUT2D eigenvalue weighted by atomic mass is 10.1. The van der Waals surface area contributed by atoms with Gasteiger partial charge in [-0.05, 0) is 43.5 Å². The Balaban J connectivity index is 1.35. The summed E-state index contributed by atoms with van der Waals surface area (Å²) < 4.78 is 27.0. The molecule has 0 aliphatic carbocycles. The smallest absolute Gasteiger partial charge is 0.246 e. The van der Waals surface area contributed by atoms with Crippen LogP contribution in [-0.2, 0) is 4.79 Å². The fraction of sp³-hybridized carbons (Fsp3) is 0.409. The number of piperazine rings is 1. The van der Waals surface area contributed by atoms with E-state index in [0.29, 0.717) is 26.2 Å². The summed E-state index contributed by atoms with van der Waals surface area (Å²) in [5.41, 5.74) is 0.0632. The van der Waals surface area contributed by atoms with Crippen LogP contribution in [0, 0.1) is 11.6 Å². The summed E-state index contributed by atoms with van der Waals surface area (Å²) in [5, 5.41) is 0. The van der Waals surface area contributed by atoms with Crippen molar-refractivity contribution in [2.45, 2.75) is 19.3 Å². The van der Waals surface area contributed by atoms with Crippen LogP contribution < -0.4 is 9.80 Å². The molecule has 0 unspecified atom stereocenters. The van der Waals surface area contributed by atoms with Gasteiger partial charge in [0, 0.05) is 57.0 Å². The minimum absolute atomic E-state index is 0.0632. The van der Waals surface area contributed by atoms with Crippen LogP contribution in [-0.4, -0.2) is 60.0 Å². The van der Waals surface area contributed by atoms with Crippen LogP contribution in [0.2, 0.25) is 0 Å². The van der Waals surface area contributed by atoms with Gasteiger partial charge in [-0.3, -0.25) is 4.79 Å². The minimum Gasteiger partial charge on any atom is -0.356 e.